The van der Waals surface area contributed by atoms with Gasteiger partial charge in [0.05, 0.1) is 16.2 Å². The lowest BCUT2D eigenvalue weighted by Gasteiger charge is -2.27. The number of amides is 1. The Labute approximate surface area is 165 Å². The van der Waals surface area contributed by atoms with Crippen molar-refractivity contribution in [2.45, 2.75) is 25.9 Å². The van der Waals surface area contributed by atoms with Crippen LogP contribution in [0.2, 0.25) is 0 Å². The van der Waals surface area contributed by atoms with E-state index in [4.69, 9.17) is 0 Å². The van der Waals surface area contributed by atoms with Crippen LogP contribution < -0.4 is 10.2 Å². The number of nitrogens with zero attached hydrogens (tertiary/aromatic N) is 3. The second-order valence-electron chi connectivity index (χ2n) is 7.12. The first-order chi connectivity index (χ1) is 13.5. The van der Waals surface area contributed by atoms with Crippen molar-refractivity contribution >= 4 is 17.3 Å². The highest BCUT2D eigenvalue weighted by atomic mass is 16.6. The number of hydrogen-bond acceptors (Lipinski definition) is 5. The summed E-state index contributed by atoms with van der Waals surface area (Å²) in [5.74, 6) is -0.308. The fourth-order valence-electron chi connectivity index (χ4n) is 3.63. The van der Waals surface area contributed by atoms with E-state index < -0.39 is 4.92 Å². The molecule has 1 aliphatic heterocycles. The SMILES string of the molecule is CNC(=O)c1cc([N+](=O)[O-])ccc1N1CCC(C)N(Cc2ccccc2)CC1. The summed E-state index contributed by atoms with van der Waals surface area (Å²) in [6.45, 7) is 5.54. The predicted octanol–water partition coefficient (Wildman–Crippen LogP) is 3.06. The maximum atomic E-state index is 12.3. The molecule has 0 radical (unpaired) electrons. The van der Waals surface area contributed by atoms with Crippen molar-refractivity contribution in [3.05, 3.63) is 69.8 Å². The molecule has 7 nitrogen and oxygen atoms in total. The van der Waals surface area contributed by atoms with Crippen molar-refractivity contribution in [1.29, 1.82) is 0 Å². The van der Waals surface area contributed by atoms with Crippen LogP contribution in [-0.2, 0) is 6.54 Å². The van der Waals surface area contributed by atoms with Gasteiger partial charge in [-0.1, -0.05) is 30.3 Å². The van der Waals surface area contributed by atoms with E-state index in [1.165, 1.54) is 24.7 Å². The van der Waals surface area contributed by atoms with Gasteiger partial charge in [0.1, 0.15) is 0 Å². The first kappa shape index (κ1) is 19.8. The summed E-state index contributed by atoms with van der Waals surface area (Å²) in [7, 11) is 1.54. The number of hydrogen-bond donors (Lipinski definition) is 1. The Bertz CT molecular complexity index is 841. The Morgan fingerprint density at radius 3 is 2.61 bits per heavy atom. The molecule has 28 heavy (non-hydrogen) atoms. The molecule has 2 aromatic rings. The number of rotatable bonds is 5. The summed E-state index contributed by atoms with van der Waals surface area (Å²) < 4.78 is 0. The largest absolute Gasteiger partial charge is 0.370 e. The quantitative estimate of drug-likeness (QED) is 0.635. The number of carbonyl (C=O) groups is 1. The zero-order valence-electron chi connectivity index (χ0n) is 16.3. The maximum absolute atomic E-state index is 12.3. The Hall–Kier alpha value is -2.93. The van der Waals surface area contributed by atoms with Crippen LogP contribution in [0.1, 0.15) is 29.3 Å². The molecule has 0 spiro atoms. The van der Waals surface area contributed by atoms with Crippen LogP contribution in [0.15, 0.2) is 48.5 Å². The lowest BCUT2D eigenvalue weighted by atomic mass is 10.1. The zero-order chi connectivity index (χ0) is 20.1. The second-order valence-corrected chi connectivity index (χ2v) is 7.12. The number of nitro benzene ring substituents is 1. The second kappa shape index (κ2) is 8.84. The molecule has 1 saturated heterocycles. The molecule has 7 heteroatoms. The average Bonchev–Trinajstić information content (AvgIpc) is 2.89. The van der Waals surface area contributed by atoms with Gasteiger partial charge in [-0.3, -0.25) is 19.8 Å². The molecule has 1 heterocycles. The number of non-ortho nitro benzene ring substituents is 1. The highest BCUT2D eigenvalue weighted by molar-refractivity contribution is 6.00. The molecule has 3 rings (SSSR count). The smallest absolute Gasteiger partial charge is 0.270 e. The van der Waals surface area contributed by atoms with Crippen LogP contribution >= 0.6 is 0 Å². The Balaban J connectivity index is 1.81. The van der Waals surface area contributed by atoms with Gasteiger partial charge in [0.25, 0.3) is 11.6 Å². The molecular weight excluding hydrogens is 356 g/mol. The van der Waals surface area contributed by atoms with E-state index in [0.717, 1.165) is 38.3 Å². The van der Waals surface area contributed by atoms with E-state index in [-0.39, 0.29) is 11.6 Å². The average molecular weight is 382 g/mol. The maximum Gasteiger partial charge on any atom is 0.270 e. The predicted molar refractivity (Wildman–Crippen MR) is 110 cm³/mol. The van der Waals surface area contributed by atoms with E-state index in [1.807, 2.05) is 6.07 Å². The minimum Gasteiger partial charge on any atom is -0.370 e. The molecule has 1 unspecified atom stereocenters. The van der Waals surface area contributed by atoms with Crippen LogP contribution in [0.5, 0.6) is 0 Å². The highest BCUT2D eigenvalue weighted by Gasteiger charge is 2.25. The summed E-state index contributed by atoms with van der Waals surface area (Å²) in [6, 6.07) is 15.3. The number of anilines is 1. The molecule has 1 amide bonds. The van der Waals surface area contributed by atoms with Crippen LogP contribution in [-0.4, -0.2) is 48.5 Å². The Kier molecular flexibility index (Phi) is 6.26. The minimum absolute atomic E-state index is 0.0729. The van der Waals surface area contributed by atoms with Gasteiger partial charge in [0.2, 0.25) is 0 Å². The monoisotopic (exact) mass is 382 g/mol. The van der Waals surface area contributed by atoms with Gasteiger partial charge in [-0.15, -0.1) is 0 Å². The standard InChI is InChI=1S/C21H26N4O3/c1-16-10-11-23(12-13-24(16)15-17-6-4-3-5-7-17)20-9-8-18(25(27)28)14-19(20)21(26)22-2/h3-9,14,16H,10-13,15H2,1-2H3,(H,22,26). The van der Waals surface area contributed by atoms with E-state index in [0.29, 0.717) is 11.6 Å². The minimum atomic E-state index is -0.470. The van der Waals surface area contributed by atoms with Gasteiger partial charge in [-0.05, 0) is 25.0 Å². The molecule has 0 bridgehead atoms. The topological polar surface area (TPSA) is 78.7 Å². The van der Waals surface area contributed by atoms with Gasteiger partial charge >= 0.3 is 0 Å². The number of benzene rings is 2. The van der Waals surface area contributed by atoms with Crippen molar-refractivity contribution in [2.24, 2.45) is 0 Å². The molecule has 0 aliphatic carbocycles. The van der Waals surface area contributed by atoms with Crippen LogP contribution in [0.3, 0.4) is 0 Å². The lowest BCUT2D eigenvalue weighted by molar-refractivity contribution is -0.384. The lowest BCUT2D eigenvalue weighted by Crippen LogP contribution is -2.34. The van der Waals surface area contributed by atoms with Gasteiger partial charge in [0, 0.05) is 51.4 Å². The summed E-state index contributed by atoms with van der Waals surface area (Å²) >= 11 is 0. The summed E-state index contributed by atoms with van der Waals surface area (Å²) in [5.41, 5.74) is 2.31. The summed E-state index contributed by atoms with van der Waals surface area (Å²) in [6.07, 6.45) is 0.955. The molecule has 2 aromatic carbocycles. The molecule has 1 fully saturated rings. The van der Waals surface area contributed by atoms with E-state index >= 15 is 0 Å². The van der Waals surface area contributed by atoms with Gasteiger partial charge in [0.15, 0.2) is 0 Å². The van der Waals surface area contributed by atoms with Gasteiger partial charge < -0.3 is 10.2 Å². The van der Waals surface area contributed by atoms with Crippen molar-refractivity contribution in [1.82, 2.24) is 10.2 Å². The fourth-order valence-corrected chi connectivity index (χ4v) is 3.63. The summed E-state index contributed by atoms with van der Waals surface area (Å²) in [4.78, 5) is 27.6. The molecule has 1 N–H and O–H groups in total. The van der Waals surface area contributed by atoms with Crippen LogP contribution in [0.25, 0.3) is 0 Å². The third-order valence-electron chi connectivity index (χ3n) is 5.33. The zero-order valence-corrected chi connectivity index (χ0v) is 16.3. The fraction of sp³-hybridized carbons (Fsp3) is 0.381. The summed E-state index contributed by atoms with van der Waals surface area (Å²) in [5, 5.41) is 13.7. The van der Waals surface area contributed by atoms with E-state index in [1.54, 1.807) is 6.07 Å². The molecule has 0 aromatic heterocycles. The van der Waals surface area contributed by atoms with E-state index in [2.05, 4.69) is 46.3 Å². The first-order valence-corrected chi connectivity index (χ1v) is 9.53. The molecule has 148 valence electrons. The normalized spacial score (nSPS) is 17.8. The molecule has 1 aliphatic rings. The third kappa shape index (κ3) is 4.48. The molecule has 1 atom stereocenters. The third-order valence-corrected chi connectivity index (χ3v) is 5.33. The van der Waals surface area contributed by atoms with Crippen molar-refractivity contribution < 1.29 is 9.72 Å². The Morgan fingerprint density at radius 2 is 1.93 bits per heavy atom. The number of nitrogens with one attached hydrogen (secondary N) is 1. The molecular formula is C21H26N4O3. The van der Waals surface area contributed by atoms with Crippen LogP contribution in [0.4, 0.5) is 11.4 Å². The molecule has 0 saturated carbocycles. The first-order valence-electron chi connectivity index (χ1n) is 9.53. The van der Waals surface area contributed by atoms with E-state index in [9.17, 15) is 14.9 Å². The van der Waals surface area contributed by atoms with Gasteiger partial charge in [-0.25, -0.2) is 0 Å². The highest BCUT2D eigenvalue weighted by Crippen LogP contribution is 2.27. The number of carbonyl (C=O) groups excluding carboxylic acids is 1. The van der Waals surface area contributed by atoms with Crippen LogP contribution in [0, 0.1) is 10.1 Å². The van der Waals surface area contributed by atoms with Gasteiger partial charge in [-0.2, -0.15) is 0 Å². The van der Waals surface area contributed by atoms with Crippen molar-refractivity contribution in [2.75, 3.05) is 31.6 Å². The Morgan fingerprint density at radius 1 is 1.18 bits per heavy atom. The number of nitro groups is 1. The van der Waals surface area contributed by atoms with Crippen molar-refractivity contribution in [3.8, 4) is 0 Å². The van der Waals surface area contributed by atoms with Crippen molar-refractivity contribution in [3.63, 3.8) is 0 Å².